The molecule has 0 saturated heterocycles. The van der Waals surface area contributed by atoms with E-state index in [1.54, 1.807) is 0 Å². The summed E-state index contributed by atoms with van der Waals surface area (Å²) in [4.78, 5) is 4.35. The standard InChI is InChI=1S/C10H11BrN2/c11-8-3-5-9(6-4-8)13-10-2-1-7-12-10/h3-6H,1-2,7H2,(H,12,13). The number of hydrogen-bond acceptors (Lipinski definition) is 2. The molecular formula is C10H11BrN2. The van der Waals surface area contributed by atoms with Crippen LogP contribution in [0.15, 0.2) is 33.7 Å². The predicted octanol–water partition coefficient (Wildman–Crippen LogP) is 3.05. The molecule has 0 fully saturated rings. The van der Waals surface area contributed by atoms with Crippen molar-refractivity contribution in [2.45, 2.75) is 12.8 Å². The molecule has 0 atom stereocenters. The summed E-state index contributed by atoms with van der Waals surface area (Å²) < 4.78 is 1.10. The van der Waals surface area contributed by atoms with E-state index in [1.807, 2.05) is 24.3 Å². The maximum absolute atomic E-state index is 4.35. The van der Waals surface area contributed by atoms with Crippen molar-refractivity contribution in [3.8, 4) is 0 Å². The van der Waals surface area contributed by atoms with Gasteiger partial charge in [-0.05, 0) is 30.7 Å². The first kappa shape index (κ1) is 8.75. The van der Waals surface area contributed by atoms with Crippen LogP contribution >= 0.6 is 15.9 Å². The highest BCUT2D eigenvalue weighted by Crippen LogP contribution is 2.15. The van der Waals surface area contributed by atoms with Crippen molar-refractivity contribution in [2.24, 2.45) is 4.99 Å². The van der Waals surface area contributed by atoms with Crippen LogP contribution in [0, 0.1) is 0 Å². The molecule has 0 radical (unpaired) electrons. The van der Waals surface area contributed by atoms with Crippen LogP contribution in [0.1, 0.15) is 12.8 Å². The fraction of sp³-hybridized carbons (Fsp3) is 0.300. The highest BCUT2D eigenvalue weighted by atomic mass is 79.9. The number of halogens is 1. The minimum Gasteiger partial charge on any atom is -0.344 e. The van der Waals surface area contributed by atoms with E-state index < -0.39 is 0 Å². The third-order valence-corrected chi connectivity index (χ3v) is 2.54. The first-order chi connectivity index (χ1) is 6.34. The van der Waals surface area contributed by atoms with Crippen LogP contribution in [0.3, 0.4) is 0 Å². The Kier molecular flexibility index (Phi) is 2.64. The van der Waals surface area contributed by atoms with E-state index in [4.69, 9.17) is 0 Å². The molecule has 0 amide bonds. The van der Waals surface area contributed by atoms with Crippen LogP contribution in [-0.4, -0.2) is 12.4 Å². The maximum Gasteiger partial charge on any atom is 0.101 e. The summed E-state index contributed by atoms with van der Waals surface area (Å²) in [6.45, 7) is 0.971. The summed E-state index contributed by atoms with van der Waals surface area (Å²) in [5, 5.41) is 3.30. The average Bonchev–Trinajstić information content (AvgIpc) is 2.62. The van der Waals surface area contributed by atoms with Gasteiger partial charge in [0.2, 0.25) is 0 Å². The van der Waals surface area contributed by atoms with E-state index in [0.29, 0.717) is 0 Å². The van der Waals surface area contributed by atoms with Gasteiger partial charge in [-0.2, -0.15) is 0 Å². The first-order valence-corrected chi connectivity index (χ1v) is 5.20. The van der Waals surface area contributed by atoms with Gasteiger partial charge >= 0.3 is 0 Å². The minimum atomic E-state index is 0.971. The Bertz CT molecular complexity index is 316. The van der Waals surface area contributed by atoms with E-state index in [0.717, 1.165) is 29.0 Å². The van der Waals surface area contributed by atoms with Crippen molar-refractivity contribution in [1.82, 2.24) is 0 Å². The number of anilines is 1. The molecule has 1 aromatic carbocycles. The molecule has 0 spiro atoms. The quantitative estimate of drug-likeness (QED) is 0.800. The zero-order valence-corrected chi connectivity index (χ0v) is 8.84. The summed E-state index contributed by atoms with van der Waals surface area (Å²) in [5.41, 5.74) is 1.11. The summed E-state index contributed by atoms with van der Waals surface area (Å²) in [5.74, 6) is 1.11. The normalized spacial score (nSPS) is 15.6. The molecule has 1 N–H and O–H groups in total. The maximum atomic E-state index is 4.35. The lowest BCUT2D eigenvalue weighted by Crippen LogP contribution is -2.07. The van der Waals surface area contributed by atoms with Crippen molar-refractivity contribution in [1.29, 1.82) is 0 Å². The molecule has 1 heterocycles. The summed E-state index contributed by atoms with van der Waals surface area (Å²) in [6, 6.07) is 8.14. The molecular weight excluding hydrogens is 228 g/mol. The van der Waals surface area contributed by atoms with Crippen molar-refractivity contribution in [3.63, 3.8) is 0 Å². The second-order valence-electron chi connectivity index (χ2n) is 3.06. The lowest BCUT2D eigenvalue weighted by Gasteiger charge is -2.04. The van der Waals surface area contributed by atoms with Crippen molar-refractivity contribution >= 4 is 27.5 Å². The molecule has 3 heteroatoms. The summed E-state index contributed by atoms with van der Waals surface area (Å²) in [6.07, 6.45) is 2.26. The Balaban J connectivity index is 2.05. The van der Waals surface area contributed by atoms with Gasteiger partial charge < -0.3 is 5.32 Å². The van der Waals surface area contributed by atoms with Gasteiger partial charge in [-0.3, -0.25) is 4.99 Å². The Morgan fingerprint density at radius 3 is 2.62 bits per heavy atom. The molecule has 0 aliphatic carbocycles. The molecule has 0 bridgehead atoms. The highest BCUT2D eigenvalue weighted by Gasteiger charge is 2.05. The largest absolute Gasteiger partial charge is 0.344 e. The van der Waals surface area contributed by atoms with Crippen molar-refractivity contribution < 1.29 is 0 Å². The number of rotatable bonds is 1. The SMILES string of the molecule is Brc1ccc(NC2=NCCC2)cc1. The summed E-state index contributed by atoms with van der Waals surface area (Å²) in [7, 11) is 0. The van der Waals surface area contributed by atoms with Crippen LogP contribution in [0.25, 0.3) is 0 Å². The molecule has 0 aromatic heterocycles. The topological polar surface area (TPSA) is 24.4 Å². The number of amidine groups is 1. The van der Waals surface area contributed by atoms with E-state index in [2.05, 4.69) is 26.2 Å². The second-order valence-corrected chi connectivity index (χ2v) is 3.98. The average molecular weight is 239 g/mol. The number of nitrogens with zero attached hydrogens (tertiary/aromatic N) is 1. The Morgan fingerprint density at radius 2 is 2.00 bits per heavy atom. The van der Waals surface area contributed by atoms with Crippen LogP contribution in [0.4, 0.5) is 5.69 Å². The summed E-state index contributed by atoms with van der Waals surface area (Å²) >= 11 is 3.40. The van der Waals surface area contributed by atoms with Gasteiger partial charge in [0.05, 0.1) is 0 Å². The van der Waals surface area contributed by atoms with E-state index in [1.165, 1.54) is 6.42 Å². The number of aliphatic imine (C=N–C) groups is 1. The number of benzene rings is 1. The van der Waals surface area contributed by atoms with Gasteiger partial charge in [0.1, 0.15) is 5.84 Å². The van der Waals surface area contributed by atoms with Crippen LogP contribution < -0.4 is 5.32 Å². The Labute approximate surface area is 86.2 Å². The van der Waals surface area contributed by atoms with Gasteiger partial charge in [-0.15, -0.1) is 0 Å². The molecule has 2 nitrogen and oxygen atoms in total. The molecule has 1 aromatic rings. The zero-order valence-electron chi connectivity index (χ0n) is 7.26. The lowest BCUT2D eigenvalue weighted by atomic mass is 10.3. The van der Waals surface area contributed by atoms with Crippen LogP contribution in [-0.2, 0) is 0 Å². The van der Waals surface area contributed by atoms with Crippen molar-refractivity contribution in [2.75, 3.05) is 11.9 Å². The van der Waals surface area contributed by atoms with E-state index in [9.17, 15) is 0 Å². The van der Waals surface area contributed by atoms with Gasteiger partial charge in [-0.1, -0.05) is 15.9 Å². The fourth-order valence-corrected chi connectivity index (χ4v) is 1.61. The predicted molar refractivity (Wildman–Crippen MR) is 59.3 cm³/mol. The van der Waals surface area contributed by atoms with E-state index in [-0.39, 0.29) is 0 Å². The van der Waals surface area contributed by atoms with Gasteiger partial charge in [0, 0.05) is 23.1 Å². The molecule has 1 aliphatic rings. The molecule has 13 heavy (non-hydrogen) atoms. The van der Waals surface area contributed by atoms with Crippen LogP contribution in [0.2, 0.25) is 0 Å². The lowest BCUT2D eigenvalue weighted by molar-refractivity contribution is 0.951. The third kappa shape index (κ3) is 2.31. The minimum absolute atomic E-state index is 0.971. The van der Waals surface area contributed by atoms with Crippen molar-refractivity contribution in [3.05, 3.63) is 28.7 Å². The molecule has 0 unspecified atom stereocenters. The highest BCUT2D eigenvalue weighted by molar-refractivity contribution is 9.10. The Morgan fingerprint density at radius 1 is 1.23 bits per heavy atom. The monoisotopic (exact) mass is 238 g/mol. The number of nitrogens with one attached hydrogen (secondary N) is 1. The first-order valence-electron chi connectivity index (χ1n) is 4.40. The van der Waals surface area contributed by atoms with Gasteiger partial charge in [0.15, 0.2) is 0 Å². The van der Waals surface area contributed by atoms with E-state index >= 15 is 0 Å². The Hall–Kier alpha value is -0.830. The van der Waals surface area contributed by atoms with Crippen LogP contribution in [0.5, 0.6) is 0 Å². The smallest absolute Gasteiger partial charge is 0.101 e. The molecule has 68 valence electrons. The number of hydrogen-bond donors (Lipinski definition) is 1. The molecule has 2 rings (SSSR count). The molecule has 0 saturated carbocycles. The van der Waals surface area contributed by atoms with Gasteiger partial charge in [-0.25, -0.2) is 0 Å². The fourth-order valence-electron chi connectivity index (χ4n) is 1.34. The third-order valence-electron chi connectivity index (χ3n) is 2.01. The zero-order chi connectivity index (χ0) is 9.10. The second kappa shape index (κ2) is 3.92. The molecule has 1 aliphatic heterocycles. The van der Waals surface area contributed by atoms with Gasteiger partial charge in [0.25, 0.3) is 0 Å².